The number of nitrogens with zero attached hydrogens (tertiary/aromatic N) is 1. The van der Waals surface area contributed by atoms with Gasteiger partial charge in [-0.25, -0.2) is 0 Å². The van der Waals surface area contributed by atoms with E-state index in [0.717, 1.165) is 12.1 Å². The summed E-state index contributed by atoms with van der Waals surface area (Å²) in [5, 5.41) is 9.04. The molecule has 0 heterocycles. The first kappa shape index (κ1) is 13.7. The van der Waals surface area contributed by atoms with Crippen LogP contribution in [0.4, 0.5) is 0 Å². The van der Waals surface area contributed by atoms with Crippen LogP contribution in [0.5, 0.6) is 0 Å². The summed E-state index contributed by atoms with van der Waals surface area (Å²) in [7, 11) is 0. The van der Waals surface area contributed by atoms with Gasteiger partial charge >= 0.3 is 5.97 Å². The van der Waals surface area contributed by atoms with Gasteiger partial charge in [0.05, 0.1) is 6.42 Å². The van der Waals surface area contributed by atoms with E-state index < -0.39 is 5.97 Å². The lowest BCUT2D eigenvalue weighted by molar-refractivity contribution is -0.138. The van der Waals surface area contributed by atoms with Crippen LogP contribution in [0.25, 0.3) is 0 Å². The molecule has 0 aromatic heterocycles. The Kier molecular flexibility index (Phi) is 5.16. The maximum Gasteiger partial charge on any atom is 0.305 e. The number of benzene rings is 1. The first-order valence-corrected chi connectivity index (χ1v) is 6.08. The average molecular weight is 235 g/mol. The van der Waals surface area contributed by atoms with Crippen LogP contribution in [0.3, 0.4) is 0 Å². The molecule has 1 rings (SSSR count). The van der Waals surface area contributed by atoms with Crippen LogP contribution in [0.15, 0.2) is 30.3 Å². The molecular formula is C14H21NO2. The van der Waals surface area contributed by atoms with Gasteiger partial charge in [-0.05, 0) is 26.0 Å². The third kappa shape index (κ3) is 3.86. The van der Waals surface area contributed by atoms with Gasteiger partial charge in [-0.3, -0.25) is 9.69 Å². The molecule has 0 aliphatic rings. The van der Waals surface area contributed by atoms with Crippen molar-refractivity contribution in [2.75, 3.05) is 6.54 Å². The van der Waals surface area contributed by atoms with Gasteiger partial charge in [-0.1, -0.05) is 37.3 Å². The first-order chi connectivity index (χ1) is 8.06. The van der Waals surface area contributed by atoms with E-state index in [1.807, 2.05) is 30.3 Å². The lowest BCUT2D eigenvalue weighted by Crippen LogP contribution is -2.35. The van der Waals surface area contributed by atoms with E-state index in [1.54, 1.807) is 0 Å². The zero-order chi connectivity index (χ0) is 12.8. The molecule has 17 heavy (non-hydrogen) atoms. The molecule has 0 amide bonds. The lowest BCUT2D eigenvalue weighted by Gasteiger charge is -2.33. The zero-order valence-corrected chi connectivity index (χ0v) is 10.8. The summed E-state index contributed by atoms with van der Waals surface area (Å²) in [6, 6.07) is 10.2. The Morgan fingerprint density at radius 1 is 1.29 bits per heavy atom. The first-order valence-electron chi connectivity index (χ1n) is 6.08. The SMILES string of the molecule is CCN(C(C)C)C(CC(=O)O)c1ccccc1. The number of carboxylic acids is 1. The summed E-state index contributed by atoms with van der Waals surface area (Å²) in [4.78, 5) is 13.2. The number of hydrogen-bond acceptors (Lipinski definition) is 2. The molecule has 1 unspecified atom stereocenters. The van der Waals surface area contributed by atoms with E-state index in [0.29, 0.717) is 6.04 Å². The molecule has 1 N–H and O–H groups in total. The summed E-state index contributed by atoms with van der Waals surface area (Å²) in [5.74, 6) is -0.752. The summed E-state index contributed by atoms with van der Waals surface area (Å²) >= 11 is 0. The molecule has 0 aliphatic carbocycles. The molecule has 0 spiro atoms. The molecule has 0 fully saturated rings. The fraction of sp³-hybridized carbons (Fsp3) is 0.500. The van der Waals surface area contributed by atoms with Gasteiger partial charge in [0.2, 0.25) is 0 Å². The fourth-order valence-electron chi connectivity index (χ4n) is 2.21. The smallest absolute Gasteiger partial charge is 0.305 e. The van der Waals surface area contributed by atoms with Gasteiger partial charge in [0, 0.05) is 12.1 Å². The molecule has 0 radical (unpaired) electrons. The van der Waals surface area contributed by atoms with E-state index >= 15 is 0 Å². The van der Waals surface area contributed by atoms with Crippen LogP contribution >= 0.6 is 0 Å². The monoisotopic (exact) mass is 235 g/mol. The van der Waals surface area contributed by atoms with E-state index in [2.05, 4.69) is 25.7 Å². The van der Waals surface area contributed by atoms with Crippen LogP contribution in [0, 0.1) is 0 Å². The molecule has 1 aromatic rings. The Hall–Kier alpha value is -1.35. The quantitative estimate of drug-likeness (QED) is 0.824. The van der Waals surface area contributed by atoms with Crippen LogP contribution in [-0.2, 0) is 4.79 Å². The minimum Gasteiger partial charge on any atom is -0.481 e. The van der Waals surface area contributed by atoms with Crippen molar-refractivity contribution in [1.29, 1.82) is 0 Å². The molecule has 3 heteroatoms. The van der Waals surface area contributed by atoms with Crippen molar-refractivity contribution >= 4 is 5.97 Å². The third-order valence-corrected chi connectivity index (χ3v) is 2.98. The van der Waals surface area contributed by atoms with E-state index in [1.165, 1.54) is 0 Å². The highest BCUT2D eigenvalue weighted by Gasteiger charge is 2.23. The van der Waals surface area contributed by atoms with Crippen molar-refractivity contribution in [3.63, 3.8) is 0 Å². The number of carboxylic acid groups (broad SMARTS) is 1. The number of hydrogen-bond donors (Lipinski definition) is 1. The minimum atomic E-state index is -0.752. The van der Waals surface area contributed by atoms with Gasteiger partial charge < -0.3 is 5.11 Å². The Balaban J connectivity index is 2.98. The van der Waals surface area contributed by atoms with Crippen molar-refractivity contribution in [3.05, 3.63) is 35.9 Å². The largest absolute Gasteiger partial charge is 0.481 e. The van der Waals surface area contributed by atoms with E-state index in [-0.39, 0.29) is 12.5 Å². The van der Waals surface area contributed by atoms with Gasteiger partial charge in [0.1, 0.15) is 0 Å². The second kappa shape index (κ2) is 6.40. The fourth-order valence-corrected chi connectivity index (χ4v) is 2.21. The molecular weight excluding hydrogens is 214 g/mol. The molecule has 1 aromatic carbocycles. The van der Waals surface area contributed by atoms with Crippen molar-refractivity contribution in [1.82, 2.24) is 4.90 Å². The van der Waals surface area contributed by atoms with Crippen molar-refractivity contribution < 1.29 is 9.90 Å². The topological polar surface area (TPSA) is 40.5 Å². The van der Waals surface area contributed by atoms with Gasteiger partial charge in [-0.2, -0.15) is 0 Å². The van der Waals surface area contributed by atoms with Gasteiger partial charge in [-0.15, -0.1) is 0 Å². The van der Waals surface area contributed by atoms with E-state index in [9.17, 15) is 4.79 Å². The van der Waals surface area contributed by atoms with Crippen LogP contribution in [-0.4, -0.2) is 28.6 Å². The molecule has 0 bridgehead atoms. The predicted molar refractivity (Wildman–Crippen MR) is 69.0 cm³/mol. The second-order valence-electron chi connectivity index (χ2n) is 4.45. The molecule has 94 valence electrons. The Bertz CT molecular complexity index is 348. The molecule has 0 aliphatic heterocycles. The highest BCUT2D eigenvalue weighted by molar-refractivity contribution is 5.68. The van der Waals surface area contributed by atoms with Gasteiger partial charge in [0.15, 0.2) is 0 Å². The third-order valence-electron chi connectivity index (χ3n) is 2.98. The van der Waals surface area contributed by atoms with E-state index in [4.69, 9.17) is 5.11 Å². The summed E-state index contributed by atoms with van der Waals surface area (Å²) in [6.07, 6.45) is 0.149. The predicted octanol–water partition coefficient (Wildman–Crippen LogP) is 2.93. The number of aliphatic carboxylic acids is 1. The summed E-state index contributed by atoms with van der Waals surface area (Å²) in [6.45, 7) is 7.12. The maximum absolute atomic E-state index is 11.0. The molecule has 3 nitrogen and oxygen atoms in total. The number of carbonyl (C=O) groups is 1. The Morgan fingerprint density at radius 2 is 1.88 bits per heavy atom. The highest BCUT2D eigenvalue weighted by Crippen LogP contribution is 2.25. The van der Waals surface area contributed by atoms with Crippen LogP contribution < -0.4 is 0 Å². The summed E-state index contributed by atoms with van der Waals surface area (Å²) < 4.78 is 0. The van der Waals surface area contributed by atoms with Crippen LogP contribution in [0.2, 0.25) is 0 Å². The molecule has 1 atom stereocenters. The zero-order valence-electron chi connectivity index (χ0n) is 10.8. The lowest BCUT2D eigenvalue weighted by atomic mass is 10.0. The normalized spacial score (nSPS) is 13.0. The highest BCUT2D eigenvalue weighted by atomic mass is 16.4. The second-order valence-corrected chi connectivity index (χ2v) is 4.45. The molecule has 0 saturated heterocycles. The van der Waals surface area contributed by atoms with Gasteiger partial charge in [0.25, 0.3) is 0 Å². The summed E-state index contributed by atoms with van der Waals surface area (Å²) in [5.41, 5.74) is 1.07. The van der Waals surface area contributed by atoms with Crippen molar-refractivity contribution in [3.8, 4) is 0 Å². The standard InChI is InChI=1S/C14H21NO2/c1-4-15(11(2)3)13(10-14(16)17)12-8-6-5-7-9-12/h5-9,11,13H,4,10H2,1-3H3,(H,16,17). The van der Waals surface area contributed by atoms with Crippen molar-refractivity contribution in [2.24, 2.45) is 0 Å². The van der Waals surface area contributed by atoms with Crippen LogP contribution in [0.1, 0.15) is 38.8 Å². The average Bonchev–Trinajstić information content (AvgIpc) is 2.29. The molecule has 0 saturated carbocycles. The maximum atomic E-state index is 11.0. The number of rotatable bonds is 6. The minimum absolute atomic E-state index is 0.0429. The van der Waals surface area contributed by atoms with Crippen molar-refractivity contribution in [2.45, 2.75) is 39.3 Å². The Morgan fingerprint density at radius 3 is 2.29 bits per heavy atom. The Labute approximate surface area is 103 Å².